The molecule has 1 aromatic heterocycles. The molecule has 45 heavy (non-hydrogen) atoms. The van der Waals surface area contributed by atoms with E-state index in [0.717, 1.165) is 37.2 Å². The number of halogens is 1. The van der Waals surface area contributed by atoms with E-state index in [2.05, 4.69) is 69.6 Å². The van der Waals surface area contributed by atoms with Crippen molar-refractivity contribution in [1.82, 2.24) is 25.1 Å². The monoisotopic (exact) mass is 609 g/mol. The Kier molecular flexibility index (Phi) is 8.39. The zero-order valence-corrected chi connectivity index (χ0v) is 25.8. The van der Waals surface area contributed by atoms with Crippen LogP contribution in [0.5, 0.6) is 6.01 Å². The van der Waals surface area contributed by atoms with Crippen LogP contribution < -0.4 is 15.0 Å². The number of carbonyl (C=O) groups excluding carboxylic acids is 1. The first-order valence-corrected chi connectivity index (χ1v) is 16.2. The van der Waals surface area contributed by atoms with Crippen molar-refractivity contribution in [2.75, 3.05) is 51.3 Å². The molecule has 1 amide bonds. The average Bonchev–Trinajstić information content (AvgIpc) is 3.83. The number of ether oxygens (including phenoxy) is 1. The van der Waals surface area contributed by atoms with Crippen molar-refractivity contribution in [2.24, 2.45) is 0 Å². The normalized spacial score (nSPS) is 22.4. The highest BCUT2D eigenvalue weighted by Gasteiger charge is 2.30. The van der Waals surface area contributed by atoms with Crippen LogP contribution in [0.4, 0.5) is 10.1 Å². The maximum Gasteiger partial charge on any atom is 0.317 e. The highest BCUT2D eigenvalue weighted by molar-refractivity contribution is 5.98. The van der Waals surface area contributed by atoms with Gasteiger partial charge in [-0.25, -0.2) is 4.39 Å². The van der Waals surface area contributed by atoms with Gasteiger partial charge in [0.1, 0.15) is 6.61 Å². The summed E-state index contributed by atoms with van der Waals surface area (Å²) in [5.74, 6) is -0.922. The van der Waals surface area contributed by atoms with Crippen LogP contribution in [0.15, 0.2) is 42.2 Å². The first-order valence-electron chi connectivity index (χ1n) is 16.2. The number of nitrogens with one attached hydrogen (secondary N) is 1. The lowest BCUT2D eigenvalue weighted by molar-refractivity contribution is -0.129. The zero-order valence-electron chi connectivity index (χ0n) is 25.8. The number of likely N-dealkylation sites (N-methyl/N-ethyl adjacent to an activating group) is 1. The van der Waals surface area contributed by atoms with E-state index < -0.39 is 11.7 Å². The molecule has 1 saturated carbocycles. The topological polar surface area (TPSA) is 97.6 Å². The Morgan fingerprint density at radius 1 is 1.16 bits per heavy atom. The van der Waals surface area contributed by atoms with Crippen molar-refractivity contribution in [3.05, 3.63) is 64.7 Å². The molecule has 2 aromatic carbocycles. The molecule has 234 valence electrons. The van der Waals surface area contributed by atoms with Gasteiger partial charge in [-0.2, -0.15) is 15.2 Å². The van der Waals surface area contributed by atoms with Gasteiger partial charge in [0.15, 0.2) is 5.83 Å². The summed E-state index contributed by atoms with van der Waals surface area (Å²) in [6.07, 6.45) is 6.78. The van der Waals surface area contributed by atoms with Crippen LogP contribution in [-0.4, -0.2) is 84.1 Å². The summed E-state index contributed by atoms with van der Waals surface area (Å²) in [6, 6.07) is 15.6. The number of piperazine rings is 1. The van der Waals surface area contributed by atoms with Crippen molar-refractivity contribution in [1.29, 1.82) is 5.26 Å². The third-order valence-corrected chi connectivity index (χ3v) is 9.77. The standard InChI is InChI=1S/C35H40FN7O2/c1-41-16-4-7-26(41)22-45-35-39-30(19-29(36)34(44)43-18-15-38-25(20-43)12-14-37)28-13-17-42(21-31(28)40-35)32-9-3-6-24-5-2-8-27(33(24)32)23-10-11-23/h2-3,5-6,8-9,19,23,25-26,38H,4,7,10-13,15-18,20-22H2,1H3/t25-,26-/m0/s1. The van der Waals surface area contributed by atoms with E-state index in [1.807, 2.05) is 0 Å². The summed E-state index contributed by atoms with van der Waals surface area (Å²) in [5, 5.41) is 14.9. The van der Waals surface area contributed by atoms with Gasteiger partial charge in [-0.3, -0.25) is 4.79 Å². The van der Waals surface area contributed by atoms with E-state index in [0.29, 0.717) is 50.8 Å². The van der Waals surface area contributed by atoms with E-state index in [9.17, 15) is 4.79 Å². The molecule has 0 bridgehead atoms. The number of benzene rings is 2. The molecule has 1 N–H and O–H groups in total. The van der Waals surface area contributed by atoms with Gasteiger partial charge in [-0.15, -0.1) is 0 Å². The number of nitrogens with zero attached hydrogens (tertiary/aromatic N) is 6. The largest absolute Gasteiger partial charge is 0.462 e. The van der Waals surface area contributed by atoms with Gasteiger partial charge in [-0.1, -0.05) is 30.3 Å². The first kappa shape index (κ1) is 29.6. The predicted molar refractivity (Wildman–Crippen MR) is 172 cm³/mol. The van der Waals surface area contributed by atoms with Gasteiger partial charge in [0.05, 0.1) is 30.4 Å². The number of hydrogen-bond donors (Lipinski definition) is 1. The number of aromatic nitrogens is 2. The van der Waals surface area contributed by atoms with E-state index in [4.69, 9.17) is 15.0 Å². The molecular weight excluding hydrogens is 569 g/mol. The van der Waals surface area contributed by atoms with Crippen LogP contribution in [-0.2, 0) is 17.8 Å². The van der Waals surface area contributed by atoms with Crippen LogP contribution in [0.1, 0.15) is 60.5 Å². The summed E-state index contributed by atoms with van der Waals surface area (Å²) >= 11 is 0. The fourth-order valence-electron chi connectivity index (χ4n) is 7.12. The molecule has 3 aromatic rings. The number of anilines is 1. The molecular formula is C35H40FN7O2. The van der Waals surface area contributed by atoms with Gasteiger partial charge in [-0.05, 0) is 68.6 Å². The molecule has 0 unspecified atom stereocenters. The maximum absolute atomic E-state index is 15.7. The lowest BCUT2D eigenvalue weighted by Crippen LogP contribution is -2.52. The molecule has 4 heterocycles. The summed E-state index contributed by atoms with van der Waals surface area (Å²) in [4.78, 5) is 28.8. The fourth-order valence-corrected chi connectivity index (χ4v) is 7.12. The van der Waals surface area contributed by atoms with Crippen LogP contribution in [0.3, 0.4) is 0 Å². The Hall–Kier alpha value is -4.07. The van der Waals surface area contributed by atoms with E-state index in [1.54, 1.807) is 0 Å². The Morgan fingerprint density at radius 3 is 2.78 bits per heavy atom. The Balaban J connectivity index is 1.20. The van der Waals surface area contributed by atoms with Gasteiger partial charge in [0, 0.05) is 61.0 Å². The third-order valence-electron chi connectivity index (χ3n) is 9.77. The Bertz CT molecular complexity index is 1660. The quantitative estimate of drug-likeness (QED) is 0.371. The van der Waals surface area contributed by atoms with Crippen molar-refractivity contribution in [3.63, 3.8) is 0 Å². The maximum atomic E-state index is 15.7. The number of amides is 1. The molecule has 4 aliphatic rings. The summed E-state index contributed by atoms with van der Waals surface area (Å²) in [6.45, 7) is 3.96. The fraction of sp³-hybridized carbons (Fsp3) is 0.486. The van der Waals surface area contributed by atoms with E-state index in [1.165, 1.54) is 45.8 Å². The van der Waals surface area contributed by atoms with Crippen molar-refractivity contribution >= 4 is 28.4 Å². The van der Waals surface area contributed by atoms with Crippen LogP contribution >= 0.6 is 0 Å². The minimum absolute atomic E-state index is 0.165. The van der Waals surface area contributed by atoms with Crippen molar-refractivity contribution in [3.8, 4) is 12.1 Å². The number of nitriles is 1. The smallest absolute Gasteiger partial charge is 0.317 e. The molecule has 3 fully saturated rings. The highest BCUT2D eigenvalue weighted by atomic mass is 19.1. The van der Waals surface area contributed by atoms with Gasteiger partial charge in [0.25, 0.3) is 5.91 Å². The summed E-state index contributed by atoms with van der Waals surface area (Å²) in [5.41, 5.74) is 4.66. The highest BCUT2D eigenvalue weighted by Crippen LogP contribution is 2.46. The van der Waals surface area contributed by atoms with Crippen molar-refractivity contribution in [2.45, 2.75) is 63.1 Å². The molecule has 2 saturated heterocycles. The predicted octanol–water partition coefficient (Wildman–Crippen LogP) is 4.57. The molecule has 9 nitrogen and oxygen atoms in total. The second-order valence-electron chi connectivity index (χ2n) is 12.8. The molecule has 10 heteroatoms. The van der Waals surface area contributed by atoms with Gasteiger partial charge < -0.3 is 24.8 Å². The number of likely N-dealkylation sites (tertiary alicyclic amines) is 1. The second-order valence-corrected chi connectivity index (χ2v) is 12.8. The number of rotatable bonds is 8. The number of fused-ring (bicyclic) bond motifs is 2. The first-order chi connectivity index (χ1) is 22.0. The second kappa shape index (κ2) is 12.7. The lowest BCUT2D eigenvalue weighted by atomic mass is 9.96. The molecule has 0 radical (unpaired) electrons. The summed E-state index contributed by atoms with van der Waals surface area (Å²) < 4.78 is 21.8. The zero-order chi connectivity index (χ0) is 30.9. The lowest BCUT2D eigenvalue weighted by Gasteiger charge is -2.33. The SMILES string of the molecule is CN1CCC[C@H]1COc1nc(C=C(F)C(=O)N2CCN[C@@H](CC#N)C2)c2c(n1)CN(c1cccc3cccc(C4CC4)c13)CC2. The molecule has 3 aliphatic heterocycles. The molecule has 0 spiro atoms. The van der Waals surface area contributed by atoms with Crippen LogP contribution in [0.2, 0.25) is 0 Å². The van der Waals surface area contributed by atoms with Crippen LogP contribution in [0.25, 0.3) is 16.8 Å². The van der Waals surface area contributed by atoms with Gasteiger partial charge >= 0.3 is 6.01 Å². The average molecular weight is 610 g/mol. The molecule has 1 aliphatic carbocycles. The van der Waals surface area contributed by atoms with Crippen molar-refractivity contribution < 1.29 is 13.9 Å². The third kappa shape index (κ3) is 6.24. The Labute approximate surface area is 263 Å². The summed E-state index contributed by atoms with van der Waals surface area (Å²) in [7, 11) is 2.10. The van der Waals surface area contributed by atoms with Crippen LogP contribution in [0, 0.1) is 11.3 Å². The number of hydrogen-bond acceptors (Lipinski definition) is 8. The number of carbonyl (C=O) groups is 1. The Morgan fingerprint density at radius 2 is 2.00 bits per heavy atom. The minimum atomic E-state index is -0.861. The molecule has 2 atom stereocenters. The molecule has 7 rings (SSSR count). The van der Waals surface area contributed by atoms with Gasteiger partial charge in [0.2, 0.25) is 0 Å². The van der Waals surface area contributed by atoms with E-state index >= 15 is 4.39 Å². The minimum Gasteiger partial charge on any atom is -0.462 e. The van der Waals surface area contributed by atoms with E-state index in [-0.39, 0.29) is 24.5 Å².